The maximum Gasteiger partial charge on any atom is 0.504 e. The number of H-pyrrole nitrogens is 1. The average Bonchev–Trinajstić information content (AvgIpc) is 3.41. The van der Waals surface area contributed by atoms with Crippen LogP contribution < -0.4 is 4.90 Å². The number of halogens is 5. The molecule has 32 heavy (non-hydrogen) atoms. The average molecular weight is 449 g/mol. The number of aromatic nitrogens is 4. The molecule has 2 aromatic carbocycles. The SMILES string of the molecule is O=C1[C@@H](O)[C@H](c2c(F)cc(-c3cnn(C(F)(F)F)c3)cc2F)N1c1ccc2[nH]cnc2c1. The van der Waals surface area contributed by atoms with Crippen LogP contribution in [-0.4, -0.2) is 36.9 Å². The van der Waals surface area contributed by atoms with Gasteiger partial charge in [0.15, 0.2) is 6.10 Å². The monoisotopic (exact) mass is 449 g/mol. The number of benzene rings is 2. The van der Waals surface area contributed by atoms with E-state index in [9.17, 15) is 31.9 Å². The van der Waals surface area contributed by atoms with Crippen LogP contribution in [0.25, 0.3) is 22.2 Å². The highest BCUT2D eigenvalue weighted by atomic mass is 19.4. The van der Waals surface area contributed by atoms with E-state index in [2.05, 4.69) is 15.1 Å². The highest BCUT2D eigenvalue weighted by molar-refractivity contribution is 6.05. The summed E-state index contributed by atoms with van der Waals surface area (Å²) in [7, 11) is 0. The fourth-order valence-corrected chi connectivity index (χ4v) is 3.76. The fourth-order valence-electron chi connectivity index (χ4n) is 3.76. The van der Waals surface area contributed by atoms with Gasteiger partial charge in [0, 0.05) is 23.0 Å². The molecule has 3 heterocycles. The molecule has 2 aromatic heterocycles. The Morgan fingerprint density at radius 3 is 2.44 bits per heavy atom. The van der Waals surface area contributed by atoms with Crippen LogP contribution in [0, 0.1) is 11.6 Å². The number of fused-ring (bicyclic) bond motifs is 1. The van der Waals surface area contributed by atoms with Crippen molar-refractivity contribution < 1.29 is 31.9 Å². The summed E-state index contributed by atoms with van der Waals surface area (Å²) >= 11 is 0. The van der Waals surface area contributed by atoms with Crippen molar-refractivity contribution in [3.05, 3.63) is 66.3 Å². The number of imidazole rings is 1. The Kier molecular flexibility index (Phi) is 4.31. The minimum atomic E-state index is -4.78. The standard InChI is InChI=1S/C20H12F5N5O2/c21-12-3-9(10-6-28-29(7-10)20(23,24)25)4-13(22)16(12)17-18(31)19(32)30(17)11-1-2-14-15(5-11)27-8-26-14/h1-8,17-18,31H,(H,26,27)/t17-,18-/m0/s1. The van der Waals surface area contributed by atoms with Crippen LogP contribution in [0.4, 0.5) is 27.6 Å². The van der Waals surface area contributed by atoms with Crippen molar-refractivity contribution in [1.29, 1.82) is 0 Å². The van der Waals surface area contributed by atoms with Crippen molar-refractivity contribution in [2.45, 2.75) is 18.4 Å². The molecule has 12 heteroatoms. The van der Waals surface area contributed by atoms with Crippen molar-refractivity contribution >= 4 is 22.6 Å². The van der Waals surface area contributed by atoms with Gasteiger partial charge in [0.25, 0.3) is 5.91 Å². The second kappa shape index (κ2) is 6.85. The van der Waals surface area contributed by atoms with Crippen molar-refractivity contribution in [1.82, 2.24) is 19.7 Å². The van der Waals surface area contributed by atoms with Crippen LogP contribution >= 0.6 is 0 Å². The van der Waals surface area contributed by atoms with E-state index in [1.807, 2.05) is 0 Å². The summed E-state index contributed by atoms with van der Waals surface area (Å²) in [6.07, 6.45) is -3.60. The first kappa shape index (κ1) is 20.1. The Morgan fingerprint density at radius 2 is 1.78 bits per heavy atom. The van der Waals surface area contributed by atoms with Gasteiger partial charge < -0.3 is 10.1 Å². The van der Waals surface area contributed by atoms with Crippen LogP contribution in [-0.2, 0) is 11.1 Å². The summed E-state index contributed by atoms with van der Waals surface area (Å²) in [4.78, 5) is 20.3. The number of β-lactam (4-membered cyclic amide) rings is 1. The summed E-state index contributed by atoms with van der Waals surface area (Å²) in [6, 6.07) is 5.00. The predicted molar refractivity (Wildman–Crippen MR) is 101 cm³/mol. The molecule has 0 saturated carbocycles. The van der Waals surface area contributed by atoms with E-state index in [4.69, 9.17) is 0 Å². The zero-order chi connectivity index (χ0) is 22.8. The van der Waals surface area contributed by atoms with E-state index in [0.29, 0.717) is 17.2 Å². The summed E-state index contributed by atoms with van der Waals surface area (Å²) in [5, 5.41) is 13.3. The molecule has 164 valence electrons. The van der Waals surface area contributed by atoms with Crippen LogP contribution in [0.5, 0.6) is 0 Å². The lowest BCUT2D eigenvalue weighted by molar-refractivity contribution is -0.212. The number of alkyl halides is 3. The fraction of sp³-hybridized carbons (Fsp3) is 0.150. The molecule has 7 nitrogen and oxygen atoms in total. The van der Waals surface area contributed by atoms with Gasteiger partial charge in [-0.25, -0.2) is 13.8 Å². The molecule has 1 aliphatic heterocycles. The van der Waals surface area contributed by atoms with Crippen LogP contribution in [0.15, 0.2) is 49.1 Å². The molecular weight excluding hydrogens is 437 g/mol. The molecule has 0 radical (unpaired) electrons. The number of hydrogen-bond donors (Lipinski definition) is 2. The normalized spacial score (nSPS) is 18.9. The third kappa shape index (κ3) is 3.02. The molecule has 4 aromatic rings. The molecule has 0 bridgehead atoms. The Bertz CT molecular complexity index is 1340. The smallest absolute Gasteiger partial charge is 0.381 e. The van der Waals surface area contributed by atoms with Crippen LogP contribution in [0.2, 0.25) is 0 Å². The number of hydrogen-bond acceptors (Lipinski definition) is 4. The third-order valence-electron chi connectivity index (χ3n) is 5.30. The summed E-state index contributed by atoms with van der Waals surface area (Å²) in [5.41, 5.74) is 0.556. The molecule has 2 N–H and O–H groups in total. The van der Waals surface area contributed by atoms with E-state index in [1.165, 1.54) is 18.5 Å². The van der Waals surface area contributed by atoms with Crippen molar-refractivity contribution in [3.63, 3.8) is 0 Å². The quantitative estimate of drug-likeness (QED) is 0.370. The van der Waals surface area contributed by atoms with Gasteiger partial charge in [-0.15, -0.1) is 13.2 Å². The van der Waals surface area contributed by atoms with Crippen LogP contribution in [0.3, 0.4) is 0 Å². The number of amides is 1. The maximum atomic E-state index is 14.9. The van der Waals surface area contributed by atoms with Crippen LogP contribution in [0.1, 0.15) is 11.6 Å². The lowest BCUT2D eigenvalue weighted by atomic mass is 9.88. The van der Waals surface area contributed by atoms with Gasteiger partial charge in [-0.1, -0.05) is 0 Å². The number of carbonyl (C=O) groups is 1. The highest BCUT2D eigenvalue weighted by Gasteiger charge is 2.50. The number of nitrogens with one attached hydrogen (secondary N) is 1. The number of rotatable bonds is 3. The Morgan fingerprint density at radius 1 is 1.06 bits per heavy atom. The van der Waals surface area contributed by atoms with E-state index in [1.54, 1.807) is 6.07 Å². The number of aliphatic hydroxyl groups excluding tert-OH is 1. The molecule has 5 rings (SSSR count). The minimum absolute atomic E-state index is 0.155. The molecular formula is C20H12F5N5O2. The molecule has 1 aliphatic rings. The number of anilines is 1. The molecule has 0 spiro atoms. The lowest BCUT2D eigenvalue weighted by Gasteiger charge is -2.44. The van der Waals surface area contributed by atoms with Crippen molar-refractivity contribution in [2.75, 3.05) is 4.90 Å². The second-order valence-electron chi connectivity index (χ2n) is 7.20. The molecule has 0 unspecified atom stereocenters. The Balaban J connectivity index is 1.53. The first-order valence-corrected chi connectivity index (χ1v) is 9.20. The van der Waals surface area contributed by atoms with Gasteiger partial charge >= 0.3 is 6.30 Å². The largest absolute Gasteiger partial charge is 0.504 e. The van der Waals surface area contributed by atoms with Gasteiger partial charge in [-0.05, 0) is 35.9 Å². The topological polar surface area (TPSA) is 87.0 Å². The number of aliphatic hydroxyl groups is 1. The number of carbonyl (C=O) groups excluding carboxylic acids is 1. The molecule has 1 fully saturated rings. The van der Waals surface area contributed by atoms with Gasteiger partial charge in [0.2, 0.25) is 0 Å². The number of aromatic amines is 1. The summed E-state index contributed by atoms with van der Waals surface area (Å²) < 4.78 is 67.8. The maximum absolute atomic E-state index is 14.9. The van der Waals surface area contributed by atoms with Crippen molar-refractivity contribution in [2.24, 2.45) is 0 Å². The van der Waals surface area contributed by atoms with Gasteiger partial charge in [0.1, 0.15) is 17.7 Å². The van der Waals surface area contributed by atoms with Crippen molar-refractivity contribution in [3.8, 4) is 11.1 Å². The van der Waals surface area contributed by atoms with E-state index >= 15 is 0 Å². The zero-order valence-electron chi connectivity index (χ0n) is 15.8. The molecule has 1 amide bonds. The van der Waals surface area contributed by atoms with E-state index in [-0.39, 0.29) is 21.5 Å². The summed E-state index contributed by atoms with van der Waals surface area (Å²) in [6.45, 7) is 0. The lowest BCUT2D eigenvalue weighted by Crippen LogP contribution is -2.59. The van der Waals surface area contributed by atoms with Gasteiger partial charge in [0.05, 0.1) is 23.6 Å². The first-order valence-electron chi connectivity index (χ1n) is 9.20. The minimum Gasteiger partial charge on any atom is -0.381 e. The zero-order valence-corrected chi connectivity index (χ0v) is 15.8. The predicted octanol–water partition coefficient (Wildman–Crippen LogP) is 3.63. The Labute approximate surface area is 175 Å². The summed E-state index contributed by atoms with van der Waals surface area (Å²) in [5.74, 6) is -3.00. The second-order valence-corrected chi connectivity index (χ2v) is 7.20. The van der Waals surface area contributed by atoms with E-state index < -0.39 is 41.6 Å². The Hall–Kier alpha value is -3.80. The number of nitrogens with zero attached hydrogens (tertiary/aromatic N) is 4. The molecule has 0 aliphatic carbocycles. The first-order chi connectivity index (χ1) is 15.1. The van der Waals surface area contributed by atoms with Gasteiger partial charge in [-0.2, -0.15) is 9.78 Å². The molecule has 2 atom stereocenters. The third-order valence-corrected chi connectivity index (χ3v) is 5.30. The van der Waals surface area contributed by atoms with E-state index in [0.717, 1.165) is 23.2 Å². The highest BCUT2D eigenvalue weighted by Crippen LogP contribution is 2.42. The van der Waals surface area contributed by atoms with Gasteiger partial charge in [-0.3, -0.25) is 9.69 Å². The molecule has 1 saturated heterocycles.